The number of carbonyl (C=O) groups is 2. The number of hydrogen-bond donors (Lipinski definition) is 0. The van der Waals surface area contributed by atoms with Crippen molar-refractivity contribution in [2.45, 2.75) is 59.0 Å². The molecular formula is C26H33N3O3. The van der Waals surface area contributed by atoms with Crippen LogP contribution in [0.4, 0.5) is 0 Å². The molecule has 2 unspecified atom stereocenters. The van der Waals surface area contributed by atoms with Gasteiger partial charge in [-0.1, -0.05) is 39.0 Å². The van der Waals surface area contributed by atoms with Gasteiger partial charge in [-0.15, -0.1) is 0 Å². The summed E-state index contributed by atoms with van der Waals surface area (Å²) in [6.07, 6.45) is 3.99. The molecule has 2 aliphatic heterocycles. The molecule has 1 amide bonds. The lowest BCUT2D eigenvalue weighted by Crippen LogP contribution is -2.40. The minimum Gasteiger partial charge on any atom is -0.452 e. The number of carbonyl (C=O) groups excluding carboxylic acids is 2. The first kappa shape index (κ1) is 21.4. The molecule has 1 aromatic heterocycles. The van der Waals surface area contributed by atoms with Crippen molar-refractivity contribution < 1.29 is 14.3 Å². The van der Waals surface area contributed by atoms with E-state index in [2.05, 4.69) is 25.7 Å². The zero-order chi connectivity index (χ0) is 22.7. The van der Waals surface area contributed by atoms with Crippen molar-refractivity contribution in [3.63, 3.8) is 0 Å². The third-order valence-corrected chi connectivity index (χ3v) is 7.50. The molecule has 0 N–H and O–H groups in total. The van der Waals surface area contributed by atoms with Crippen molar-refractivity contribution in [3.05, 3.63) is 41.1 Å². The summed E-state index contributed by atoms with van der Waals surface area (Å²) in [5, 5.41) is 0.797. The topological polar surface area (TPSA) is 62.7 Å². The Morgan fingerprint density at radius 2 is 1.97 bits per heavy atom. The van der Waals surface area contributed by atoms with Gasteiger partial charge < -0.3 is 14.5 Å². The van der Waals surface area contributed by atoms with Crippen LogP contribution in [0.1, 0.15) is 61.6 Å². The Kier molecular flexibility index (Phi) is 5.04. The second-order valence-corrected chi connectivity index (χ2v) is 11.2. The molecule has 2 aromatic rings. The molecule has 1 aliphatic carbocycles. The summed E-state index contributed by atoms with van der Waals surface area (Å²) in [7, 11) is 2.05. The van der Waals surface area contributed by atoms with E-state index in [1.54, 1.807) is 0 Å². The zero-order valence-electron chi connectivity index (χ0n) is 19.6. The number of amides is 1. The lowest BCUT2D eigenvalue weighted by atomic mass is 9.65. The SMILES string of the molecule is CN1CCc2nc3ccccc3c(C(=O)OCC(=O)N3CC4(C)CC3CC(C)(C)C4)c2C1. The fraction of sp³-hybridized carbons (Fsp3) is 0.577. The van der Waals surface area contributed by atoms with Gasteiger partial charge in [-0.25, -0.2) is 4.79 Å². The number of esters is 1. The Labute approximate surface area is 189 Å². The van der Waals surface area contributed by atoms with Gasteiger partial charge in [0, 0.05) is 48.7 Å². The monoisotopic (exact) mass is 435 g/mol. The van der Waals surface area contributed by atoms with Gasteiger partial charge in [0.15, 0.2) is 6.61 Å². The summed E-state index contributed by atoms with van der Waals surface area (Å²) in [6.45, 7) is 9.00. The van der Waals surface area contributed by atoms with E-state index in [0.29, 0.717) is 12.1 Å². The number of aromatic nitrogens is 1. The second kappa shape index (κ2) is 7.55. The number of hydrogen-bond acceptors (Lipinski definition) is 5. The number of nitrogens with zero attached hydrogens (tertiary/aromatic N) is 3. The van der Waals surface area contributed by atoms with Gasteiger partial charge in [0.2, 0.25) is 0 Å². The summed E-state index contributed by atoms with van der Waals surface area (Å²) in [6, 6.07) is 7.95. The van der Waals surface area contributed by atoms with Gasteiger partial charge in [0.1, 0.15) is 0 Å². The second-order valence-electron chi connectivity index (χ2n) is 11.2. The molecule has 1 aromatic carbocycles. The van der Waals surface area contributed by atoms with Gasteiger partial charge in [-0.3, -0.25) is 9.78 Å². The van der Waals surface area contributed by atoms with E-state index in [9.17, 15) is 9.59 Å². The maximum Gasteiger partial charge on any atom is 0.339 e. The molecule has 6 heteroatoms. The third-order valence-electron chi connectivity index (χ3n) is 7.50. The van der Waals surface area contributed by atoms with Crippen LogP contribution in [0.25, 0.3) is 10.9 Å². The number of likely N-dealkylation sites (tertiary alicyclic amines) is 1. The van der Waals surface area contributed by atoms with Crippen LogP contribution in [0.5, 0.6) is 0 Å². The van der Waals surface area contributed by atoms with Crippen LogP contribution in [-0.2, 0) is 22.5 Å². The fourth-order valence-electron chi connectivity index (χ4n) is 6.59. The first-order chi connectivity index (χ1) is 15.1. The standard InChI is InChI=1S/C26H33N3O3/c1-25(2)11-17-12-26(3,15-25)16-29(17)22(30)14-32-24(31)23-18-7-5-6-8-20(18)27-21-9-10-28(4)13-19(21)23/h5-8,17H,9-16H2,1-4H3. The van der Waals surface area contributed by atoms with Crippen LogP contribution < -0.4 is 0 Å². The number of ether oxygens (including phenoxy) is 1. The molecular weight excluding hydrogens is 402 g/mol. The highest BCUT2D eigenvalue weighted by molar-refractivity contribution is 6.05. The number of benzene rings is 1. The van der Waals surface area contributed by atoms with Crippen LogP contribution in [0.3, 0.4) is 0 Å². The Morgan fingerprint density at radius 1 is 1.19 bits per heavy atom. The van der Waals surface area contributed by atoms with Crippen LogP contribution in [0.2, 0.25) is 0 Å². The smallest absolute Gasteiger partial charge is 0.339 e. The van der Waals surface area contributed by atoms with Crippen molar-refractivity contribution >= 4 is 22.8 Å². The molecule has 2 atom stereocenters. The summed E-state index contributed by atoms with van der Waals surface area (Å²) in [4.78, 5) is 35.4. The predicted octanol–water partition coefficient (Wildman–Crippen LogP) is 3.81. The highest BCUT2D eigenvalue weighted by Crippen LogP contribution is 2.52. The van der Waals surface area contributed by atoms with Gasteiger partial charge in [0.25, 0.3) is 5.91 Å². The minimum atomic E-state index is -0.419. The number of para-hydroxylation sites is 1. The molecule has 0 radical (unpaired) electrons. The van der Waals surface area contributed by atoms with Crippen LogP contribution in [0, 0.1) is 10.8 Å². The summed E-state index contributed by atoms with van der Waals surface area (Å²) >= 11 is 0. The van der Waals surface area contributed by atoms with E-state index in [1.165, 1.54) is 0 Å². The third kappa shape index (κ3) is 3.79. The minimum absolute atomic E-state index is 0.0749. The van der Waals surface area contributed by atoms with Crippen molar-refractivity contribution in [1.29, 1.82) is 0 Å². The van der Waals surface area contributed by atoms with E-state index >= 15 is 0 Å². The van der Waals surface area contributed by atoms with Crippen LogP contribution in [0.15, 0.2) is 24.3 Å². The van der Waals surface area contributed by atoms with E-state index in [1.807, 2.05) is 36.2 Å². The van der Waals surface area contributed by atoms with Crippen molar-refractivity contribution in [1.82, 2.24) is 14.8 Å². The molecule has 2 fully saturated rings. The Bertz CT molecular complexity index is 1100. The van der Waals surface area contributed by atoms with Crippen LogP contribution >= 0.6 is 0 Å². The zero-order valence-corrected chi connectivity index (χ0v) is 19.6. The van der Waals surface area contributed by atoms with E-state index in [4.69, 9.17) is 9.72 Å². The molecule has 3 aliphatic rings. The lowest BCUT2D eigenvalue weighted by molar-refractivity contribution is -0.135. The summed E-state index contributed by atoms with van der Waals surface area (Å²) < 4.78 is 5.67. The quantitative estimate of drug-likeness (QED) is 0.686. The fourth-order valence-corrected chi connectivity index (χ4v) is 6.59. The van der Waals surface area contributed by atoms with Gasteiger partial charge in [0.05, 0.1) is 11.1 Å². The molecule has 0 spiro atoms. The van der Waals surface area contributed by atoms with Gasteiger partial charge in [-0.05, 0) is 43.2 Å². The average molecular weight is 436 g/mol. The summed E-state index contributed by atoms with van der Waals surface area (Å²) in [5.41, 5.74) is 3.67. The highest BCUT2D eigenvalue weighted by atomic mass is 16.5. The Balaban J connectivity index is 1.37. The normalized spacial score (nSPS) is 26.8. The predicted molar refractivity (Wildman–Crippen MR) is 123 cm³/mol. The largest absolute Gasteiger partial charge is 0.452 e. The number of rotatable bonds is 3. The molecule has 1 saturated carbocycles. The van der Waals surface area contributed by atoms with Crippen LogP contribution in [-0.4, -0.2) is 59.4 Å². The molecule has 2 bridgehead atoms. The first-order valence-corrected chi connectivity index (χ1v) is 11.7. The summed E-state index contributed by atoms with van der Waals surface area (Å²) in [5.74, 6) is -0.494. The maximum atomic E-state index is 13.3. The van der Waals surface area contributed by atoms with E-state index in [-0.39, 0.29) is 29.4 Å². The van der Waals surface area contributed by atoms with Gasteiger partial charge >= 0.3 is 5.97 Å². The molecule has 32 heavy (non-hydrogen) atoms. The Hall–Kier alpha value is -2.47. The first-order valence-electron chi connectivity index (χ1n) is 11.7. The van der Waals surface area contributed by atoms with Crippen molar-refractivity contribution in [2.24, 2.45) is 10.8 Å². The highest BCUT2D eigenvalue weighted by Gasteiger charge is 2.51. The van der Waals surface area contributed by atoms with Crippen molar-refractivity contribution in [2.75, 3.05) is 26.7 Å². The van der Waals surface area contributed by atoms with Crippen molar-refractivity contribution in [3.8, 4) is 0 Å². The molecule has 1 saturated heterocycles. The molecule has 6 nitrogen and oxygen atoms in total. The molecule has 3 heterocycles. The molecule has 5 rings (SSSR count). The van der Waals surface area contributed by atoms with E-state index in [0.717, 1.165) is 60.9 Å². The maximum absolute atomic E-state index is 13.3. The number of likely N-dealkylation sites (N-methyl/N-ethyl adjacent to an activating group) is 1. The van der Waals surface area contributed by atoms with Gasteiger partial charge in [-0.2, -0.15) is 0 Å². The Morgan fingerprint density at radius 3 is 2.78 bits per heavy atom. The average Bonchev–Trinajstić information content (AvgIpc) is 2.98. The number of fused-ring (bicyclic) bond motifs is 4. The lowest BCUT2D eigenvalue weighted by Gasteiger charge is -2.39. The molecule has 170 valence electrons. The number of pyridine rings is 1. The van der Waals surface area contributed by atoms with E-state index < -0.39 is 5.97 Å².